The smallest absolute Gasteiger partial charge is 0.152 e. The van der Waals surface area contributed by atoms with Gasteiger partial charge in [-0.1, -0.05) is 0 Å². The van der Waals surface area contributed by atoms with Gasteiger partial charge in [0.25, 0.3) is 0 Å². The summed E-state index contributed by atoms with van der Waals surface area (Å²) in [7, 11) is 0. The van der Waals surface area contributed by atoms with Gasteiger partial charge in [0.2, 0.25) is 0 Å². The second-order valence-electron chi connectivity index (χ2n) is 8.95. The van der Waals surface area contributed by atoms with E-state index in [0.29, 0.717) is 6.54 Å². The van der Waals surface area contributed by atoms with Crippen molar-refractivity contribution < 1.29 is 4.74 Å². The number of aromatic amines is 2. The highest BCUT2D eigenvalue weighted by atomic mass is 16.5. The van der Waals surface area contributed by atoms with Crippen LogP contribution >= 0.6 is 0 Å². The fourth-order valence-corrected chi connectivity index (χ4v) is 4.87. The molecule has 10 heteroatoms. The summed E-state index contributed by atoms with van der Waals surface area (Å²) >= 11 is 0. The highest BCUT2D eigenvalue weighted by Gasteiger charge is 2.19. The van der Waals surface area contributed by atoms with Gasteiger partial charge in [0.05, 0.1) is 12.1 Å². The largest absolute Gasteiger partial charge is 0.486 e. The first kappa shape index (κ1) is 20.6. The number of nitrogens with one attached hydrogen (secondary N) is 2. The number of benzene rings is 1. The predicted octanol–water partition coefficient (Wildman–Crippen LogP) is 4.25. The minimum atomic E-state index is -0.143. The van der Waals surface area contributed by atoms with Crippen LogP contribution in [0.15, 0.2) is 67.4 Å². The standard InChI is InChI=1S/C26H23N9O/c1-16(19-6-8-27-26-20(19)7-9-28-26)36-18-3-4-22-21(12-18)25(33-31-22)17-2-5-23(29-13-17)34-10-11-35-15-30-32-24(35)14-34/h2-9,12-13,15-16H,10-11,14H2,1H3,(H,27,28)(H,31,33). The van der Waals surface area contributed by atoms with Gasteiger partial charge in [-0.2, -0.15) is 5.10 Å². The maximum atomic E-state index is 6.35. The quantitative estimate of drug-likeness (QED) is 0.381. The molecule has 2 N–H and O–H groups in total. The molecule has 0 saturated carbocycles. The summed E-state index contributed by atoms with van der Waals surface area (Å²) in [6, 6.07) is 14.1. The summed E-state index contributed by atoms with van der Waals surface area (Å²) in [5.74, 6) is 2.65. The maximum Gasteiger partial charge on any atom is 0.152 e. The first-order chi connectivity index (χ1) is 17.7. The molecule has 0 saturated heterocycles. The van der Waals surface area contributed by atoms with Crippen LogP contribution < -0.4 is 9.64 Å². The van der Waals surface area contributed by atoms with Gasteiger partial charge in [-0.3, -0.25) is 5.10 Å². The van der Waals surface area contributed by atoms with Gasteiger partial charge in [-0.05, 0) is 49.4 Å². The number of anilines is 1. The van der Waals surface area contributed by atoms with Crippen LogP contribution in [0.1, 0.15) is 24.4 Å². The lowest BCUT2D eigenvalue weighted by atomic mass is 10.1. The molecular weight excluding hydrogens is 454 g/mol. The fraction of sp³-hybridized carbons (Fsp3) is 0.192. The zero-order chi connectivity index (χ0) is 24.1. The van der Waals surface area contributed by atoms with Crippen LogP contribution in [0.4, 0.5) is 5.82 Å². The number of pyridine rings is 2. The number of aromatic nitrogens is 8. The van der Waals surface area contributed by atoms with Crippen LogP contribution in [0.2, 0.25) is 0 Å². The molecule has 0 aliphatic carbocycles. The van der Waals surface area contributed by atoms with E-state index in [9.17, 15) is 0 Å². The molecule has 0 radical (unpaired) electrons. The summed E-state index contributed by atoms with van der Waals surface area (Å²) in [4.78, 5) is 14.5. The van der Waals surface area contributed by atoms with Crippen LogP contribution in [-0.2, 0) is 13.1 Å². The molecule has 1 aliphatic rings. The van der Waals surface area contributed by atoms with E-state index < -0.39 is 0 Å². The second-order valence-corrected chi connectivity index (χ2v) is 8.95. The van der Waals surface area contributed by atoms with E-state index in [4.69, 9.17) is 9.72 Å². The Hall–Kier alpha value is -4.73. The second kappa shape index (κ2) is 8.19. The number of nitrogens with zero attached hydrogens (tertiary/aromatic N) is 7. The molecule has 10 nitrogen and oxygen atoms in total. The molecular formula is C26H23N9O. The highest BCUT2D eigenvalue weighted by molar-refractivity contribution is 5.93. The third-order valence-electron chi connectivity index (χ3n) is 6.76. The van der Waals surface area contributed by atoms with Gasteiger partial charge >= 0.3 is 0 Å². The van der Waals surface area contributed by atoms with Crippen molar-refractivity contribution >= 4 is 27.8 Å². The van der Waals surface area contributed by atoms with Crippen molar-refractivity contribution in [3.63, 3.8) is 0 Å². The minimum Gasteiger partial charge on any atom is -0.486 e. The van der Waals surface area contributed by atoms with Crippen molar-refractivity contribution in [2.75, 3.05) is 11.4 Å². The fourth-order valence-electron chi connectivity index (χ4n) is 4.87. The maximum absolute atomic E-state index is 6.35. The van der Waals surface area contributed by atoms with E-state index in [1.165, 1.54) is 0 Å². The van der Waals surface area contributed by atoms with Gasteiger partial charge in [0, 0.05) is 53.6 Å². The Kier molecular flexibility index (Phi) is 4.69. The lowest BCUT2D eigenvalue weighted by Gasteiger charge is -2.27. The van der Waals surface area contributed by atoms with Gasteiger partial charge in [-0.15, -0.1) is 10.2 Å². The van der Waals surface area contributed by atoms with Gasteiger partial charge in [-0.25, -0.2) is 9.97 Å². The van der Waals surface area contributed by atoms with Gasteiger partial charge < -0.3 is 19.2 Å². The van der Waals surface area contributed by atoms with Gasteiger partial charge in [0.15, 0.2) is 5.82 Å². The Morgan fingerprint density at radius 2 is 2.00 bits per heavy atom. The Morgan fingerprint density at radius 1 is 1.03 bits per heavy atom. The number of hydrogen-bond acceptors (Lipinski definition) is 7. The number of fused-ring (bicyclic) bond motifs is 3. The Morgan fingerprint density at radius 3 is 2.92 bits per heavy atom. The van der Waals surface area contributed by atoms with E-state index >= 15 is 0 Å². The summed E-state index contributed by atoms with van der Waals surface area (Å²) < 4.78 is 8.43. The molecule has 178 valence electrons. The molecule has 0 bridgehead atoms. The molecule has 6 heterocycles. The van der Waals surface area contributed by atoms with Crippen LogP contribution in [0, 0.1) is 0 Å². The molecule has 1 unspecified atom stereocenters. The number of ether oxygens (including phenoxy) is 1. The molecule has 1 aliphatic heterocycles. The monoisotopic (exact) mass is 477 g/mol. The highest BCUT2D eigenvalue weighted by Crippen LogP contribution is 2.32. The van der Waals surface area contributed by atoms with Crippen LogP contribution in [0.25, 0.3) is 33.2 Å². The lowest BCUT2D eigenvalue weighted by molar-refractivity contribution is 0.229. The topological polar surface area (TPSA) is 113 Å². The Balaban J connectivity index is 1.15. The molecule has 0 spiro atoms. The van der Waals surface area contributed by atoms with Crippen LogP contribution in [0.5, 0.6) is 5.75 Å². The zero-order valence-corrected chi connectivity index (χ0v) is 19.6. The summed E-state index contributed by atoms with van der Waals surface area (Å²) in [5, 5.41) is 18.0. The molecule has 1 aromatic carbocycles. The molecule has 1 atom stereocenters. The average molecular weight is 478 g/mol. The van der Waals surface area contributed by atoms with E-state index in [1.54, 1.807) is 12.5 Å². The molecule has 0 amide bonds. The molecule has 5 aromatic heterocycles. The molecule has 0 fully saturated rings. The lowest BCUT2D eigenvalue weighted by Crippen LogP contribution is -2.34. The van der Waals surface area contributed by atoms with E-state index in [0.717, 1.165) is 69.2 Å². The van der Waals surface area contributed by atoms with Crippen molar-refractivity contribution in [3.8, 4) is 17.0 Å². The Labute approximate surface area is 206 Å². The zero-order valence-electron chi connectivity index (χ0n) is 19.6. The van der Waals surface area contributed by atoms with E-state index in [2.05, 4.69) is 45.9 Å². The SMILES string of the molecule is CC(Oc1ccc2[nH]nc(-c3ccc(N4CCn5cnnc5C4)nc3)c2c1)c1ccnc2[nH]ccc12. The van der Waals surface area contributed by atoms with E-state index in [1.807, 2.05) is 55.7 Å². The number of H-pyrrole nitrogens is 2. The Bertz CT molecular complexity index is 1680. The molecule has 36 heavy (non-hydrogen) atoms. The predicted molar refractivity (Wildman–Crippen MR) is 136 cm³/mol. The van der Waals surface area contributed by atoms with Crippen molar-refractivity contribution in [2.45, 2.75) is 26.1 Å². The summed E-state index contributed by atoms with van der Waals surface area (Å²) in [5.41, 5.74) is 4.68. The number of rotatable bonds is 5. The van der Waals surface area contributed by atoms with Crippen LogP contribution in [-0.4, -0.2) is 46.5 Å². The third-order valence-corrected chi connectivity index (χ3v) is 6.76. The average Bonchev–Trinajstić information content (AvgIpc) is 3.67. The first-order valence-corrected chi connectivity index (χ1v) is 11.9. The van der Waals surface area contributed by atoms with E-state index in [-0.39, 0.29) is 6.10 Å². The molecule has 6 aromatic rings. The van der Waals surface area contributed by atoms with Crippen LogP contribution in [0.3, 0.4) is 0 Å². The normalized spacial score (nSPS) is 14.3. The summed E-state index contributed by atoms with van der Waals surface area (Å²) in [6.07, 6.45) is 7.21. The van der Waals surface area contributed by atoms with Crippen molar-refractivity contribution in [1.29, 1.82) is 0 Å². The van der Waals surface area contributed by atoms with Crippen molar-refractivity contribution in [3.05, 3.63) is 78.8 Å². The number of hydrogen-bond donors (Lipinski definition) is 2. The summed E-state index contributed by atoms with van der Waals surface area (Å²) in [6.45, 7) is 4.47. The minimum absolute atomic E-state index is 0.143. The third kappa shape index (κ3) is 3.46. The first-order valence-electron chi connectivity index (χ1n) is 11.9. The van der Waals surface area contributed by atoms with Crippen molar-refractivity contribution in [1.82, 2.24) is 39.9 Å². The van der Waals surface area contributed by atoms with Crippen molar-refractivity contribution in [2.24, 2.45) is 0 Å². The van der Waals surface area contributed by atoms with Gasteiger partial charge in [0.1, 0.15) is 35.3 Å². The molecule has 7 rings (SSSR count).